The molecule has 0 amide bonds. The van der Waals surface area contributed by atoms with Gasteiger partial charge in [0.05, 0.1) is 0 Å². The van der Waals surface area contributed by atoms with Crippen LogP contribution in [0.3, 0.4) is 0 Å². The highest BCUT2D eigenvalue weighted by Gasteiger charge is 2.13. The van der Waals surface area contributed by atoms with E-state index in [2.05, 4.69) is 18.7 Å². The third-order valence-electron chi connectivity index (χ3n) is 3.14. The van der Waals surface area contributed by atoms with Crippen LogP contribution in [0.15, 0.2) is 73.3 Å². The molecule has 0 fully saturated rings. The van der Waals surface area contributed by atoms with E-state index >= 15 is 0 Å². The van der Waals surface area contributed by atoms with E-state index < -0.39 is 0 Å². The summed E-state index contributed by atoms with van der Waals surface area (Å²) in [6.07, 6.45) is 0. The lowest BCUT2D eigenvalue weighted by atomic mass is 10.1. The Balaban J connectivity index is 2.15. The van der Waals surface area contributed by atoms with Crippen molar-refractivity contribution in [2.75, 3.05) is 0 Å². The van der Waals surface area contributed by atoms with Gasteiger partial charge in [-0.1, -0.05) is 67.2 Å². The molecule has 1 heterocycles. The van der Waals surface area contributed by atoms with Gasteiger partial charge in [0.1, 0.15) is 5.76 Å². The third-order valence-corrected chi connectivity index (χ3v) is 4.37. The first kappa shape index (κ1) is 12.7. The number of aliphatic hydroxyl groups excluding tert-OH is 1. The van der Waals surface area contributed by atoms with Crippen LogP contribution in [0.1, 0.15) is 5.56 Å². The predicted molar refractivity (Wildman–Crippen MR) is 86.9 cm³/mol. The van der Waals surface area contributed by atoms with Gasteiger partial charge in [-0.15, -0.1) is 11.3 Å². The van der Waals surface area contributed by atoms with Gasteiger partial charge in [0.15, 0.2) is 0 Å². The van der Waals surface area contributed by atoms with Crippen LogP contribution in [-0.2, 0) is 0 Å². The molecular formula is C18H14OS. The van der Waals surface area contributed by atoms with Gasteiger partial charge in [-0.05, 0) is 17.2 Å². The quantitative estimate of drug-likeness (QED) is 0.617. The molecule has 3 aromatic rings. The molecule has 0 radical (unpaired) electrons. The van der Waals surface area contributed by atoms with Crippen LogP contribution in [0.25, 0.3) is 26.6 Å². The fourth-order valence-corrected chi connectivity index (χ4v) is 3.35. The number of benzene rings is 2. The normalized spacial score (nSPS) is 10.4. The molecule has 0 saturated carbocycles. The van der Waals surface area contributed by atoms with E-state index in [-0.39, 0.29) is 5.76 Å². The van der Waals surface area contributed by atoms with Crippen molar-refractivity contribution in [3.63, 3.8) is 0 Å². The van der Waals surface area contributed by atoms with E-state index in [1.807, 2.05) is 54.6 Å². The molecule has 0 unspecified atom stereocenters. The Bertz CT molecular complexity index is 727. The summed E-state index contributed by atoms with van der Waals surface area (Å²) in [5.74, 6) is 0.113. The molecule has 3 rings (SSSR count). The summed E-state index contributed by atoms with van der Waals surface area (Å²) in [7, 11) is 0. The molecule has 0 saturated heterocycles. The summed E-state index contributed by atoms with van der Waals surface area (Å²) in [4.78, 5) is 2.19. The summed E-state index contributed by atoms with van der Waals surface area (Å²) in [6, 6.07) is 22.3. The third kappa shape index (κ3) is 2.38. The fraction of sp³-hybridized carbons (Fsp3) is 0. The van der Waals surface area contributed by atoms with Gasteiger partial charge < -0.3 is 5.11 Å². The average Bonchev–Trinajstić information content (AvgIpc) is 2.94. The van der Waals surface area contributed by atoms with E-state index in [0.717, 1.165) is 26.4 Å². The molecule has 0 spiro atoms. The second kappa shape index (κ2) is 5.35. The van der Waals surface area contributed by atoms with E-state index in [1.54, 1.807) is 11.3 Å². The second-order valence-corrected chi connectivity index (χ2v) is 5.58. The van der Waals surface area contributed by atoms with Crippen molar-refractivity contribution < 1.29 is 5.11 Å². The van der Waals surface area contributed by atoms with Crippen molar-refractivity contribution in [3.8, 4) is 20.9 Å². The first-order valence-electron chi connectivity index (χ1n) is 6.38. The molecule has 1 N–H and O–H groups in total. The van der Waals surface area contributed by atoms with Crippen LogP contribution in [0.5, 0.6) is 0 Å². The Morgan fingerprint density at radius 1 is 0.850 bits per heavy atom. The van der Waals surface area contributed by atoms with Crippen LogP contribution < -0.4 is 0 Å². The molecule has 98 valence electrons. The Hall–Kier alpha value is -2.32. The summed E-state index contributed by atoms with van der Waals surface area (Å²) in [6.45, 7) is 3.68. The summed E-state index contributed by atoms with van der Waals surface area (Å²) in [5, 5.41) is 9.84. The molecule has 1 aromatic heterocycles. The van der Waals surface area contributed by atoms with Gasteiger partial charge in [0.2, 0.25) is 0 Å². The van der Waals surface area contributed by atoms with Crippen LogP contribution in [0, 0.1) is 0 Å². The summed E-state index contributed by atoms with van der Waals surface area (Å²) in [5.41, 5.74) is 3.06. The number of aliphatic hydroxyl groups is 1. The molecule has 2 aromatic carbocycles. The fourth-order valence-electron chi connectivity index (χ4n) is 2.15. The van der Waals surface area contributed by atoms with Gasteiger partial charge in [-0.25, -0.2) is 0 Å². The molecule has 1 nitrogen and oxygen atoms in total. The maximum absolute atomic E-state index is 9.84. The van der Waals surface area contributed by atoms with Gasteiger partial charge in [0.25, 0.3) is 0 Å². The van der Waals surface area contributed by atoms with E-state index in [4.69, 9.17) is 0 Å². The number of hydrogen-bond donors (Lipinski definition) is 1. The van der Waals surface area contributed by atoms with Crippen molar-refractivity contribution >= 4 is 17.1 Å². The largest absolute Gasteiger partial charge is 0.508 e. The molecule has 0 aliphatic carbocycles. The molecule has 0 aliphatic rings. The number of hydrogen-bond acceptors (Lipinski definition) is 2. The van der Waals surface area contributed by atoms with E-state index in [9.17, 15) is 5.11 Å². The zero-order valence-corrected chi connectivity index (χ0v) is 11.7. The zero-order chi connectivity index (χ0) is 13.9. The van der Waals surface area contributed by atoms with E-state index in [1.165, 1.54) is 0 Å². The predicted octanol–water partition coefficient (Wildman–Crippen LogP) is 5.61. The van der Waals surface area contributed by atoms with Crippen LogP contribution in [0.4, 0.5) is 0 Å². The van der Waals surface area contributed by atoms with Gasteiger partial charge in [-0.3, -0.25) is 0 Å². The second-order valence-electron chi connectivity index (χ2n) is 4.53. The van der Waals surface area contributed by atoms with Crippen molar-refractivity contribution in [3.05, 3.63) is 78.9 Å². The van der Waals surface area contributed by atoms with Crippen LogP contribution in [0.2, 0.25) is 0 Å². The van der Waals surface area contributed by atoms with Crippen LogP contribution in [-0.4, -0.2) is 5.11 Å². The van der Waals surface area contributed by atoms with Gasteiger partial charge in [0, 0.05) is 15.3 Å². The van der Waals surface area contributed by atoms with Crippen molar-refractivity contribution in [1.82, 2.24) is 0 Å². The molecule has 0 aliphatic heterocycles. The molecule has 0 atom stereocenters. The first-order chi connectivity index (χ1) is 9.75. The number of thiophene rings is 1. The minimum absolute atomic E-state index is 0.113. The lowest BCUT2D eigenvalue weighted by Gasteiger charge is -2.01. The lowest BCUT2D eigenvalue weighted by Crippen LogP contribution is -1.80. The highest BCUT2D eigenvalue weighted by Crippen LogP contribution is 2.40. The van der Waals surface area contributed by atoms with Crippen LogP contribution >= 0.6 is 11.3 Å². The maximum Gasteiger partial charge on any atom is 0.117 e. The van der Waals surface area contributed by atoms with Crippen molar-refractivity contribution in [1.29, 1.82) is 0 Å². The lowest BCUT2D eigenvalue weighted by molar-refractivity contribution is 0.514. The highest BCUT2D eigenvalue weighted by atomic mass is 32.1. The van der Waals surface area contributed by atoms with Crippen molar-refractivity contribution in [2.45, 2.75) is 0 Å². The molecular weight excluding hydrogens is 264 g/mol. The average molecular weight is 278 g/mol. The monoisotopic (exact) mass is 278 g/mol. The van der Waals surface area contributed by atoms with Gasteiger partial charge in [-0.2, -0.15) is 0 Å². The minimum Gasteiger partial charge on any atom is -0.508 e. The minimum atomic E-state index is 0.113. The molecule has 2 heteroatoms. The Morgan fingerprint density at radius 3 is 1.95 bits per heavy atom. The summed E-state index contributed by atoms with van der Waals surface area (Å²) < 4.78 is 0. The maximum atomic E-state index is 9.84. The highest BCUT2D eigenvalue weighted by molar-refractivity contribution is 7.19. The van der Waals surface area contributed by atoms with Gasteiger partial charge >= 0.3 is 0 Å². The Kier molecular flexibility index (Phi) is 3.40. The Labute approximate surface area is 122 Å². The number of rotatable bonds is 3. The van der Waals surface area contributed by atoms with Crippen molar-refractivity contribution in [2.24, 2.45) is 0 Å². The standard InChI is InChI=1S/C18H14OS/c1-13(19)16-12-17(14-8-4-2-5-9-14)20-18(16)15-10-6-3-7-11-15/h2-12,19H,1H2. The SMILES string of the molecule is C=C(O)c1cc(-c2ccccc2)sc1-c1ccccc1. The zero-order valence-electron chi connectivity index (χ0n) is 10.9. The Morgan fingerprint density at radius 2 is 1.40 bits per heavy atom. The summed E-state index contributed by atoms with van der Waals surface area (Å²) >= 11 is 1.67. The molecule has 20 heavy (non-hydrogen) atoms. The molecule has 0 bridgehead atoms. The topological polar surface area (TPSA) is 20.2 Å². The van der Waals surface area contributed by atoms with E-state index in [0.29, 0.717) is 0 Å². The smallest absolute Gasteiger partial charge is 0.117 e. The first-order valence-corrected chi connectivity index (χ1v) is 7.20.